The van der Waals surface area contributed by atoms with Crippen molar-refractivity contribution < 1.29 is 17.6 Å². The van der Waals surface area contributed by atoms with E-state index in [9.17, 15) is 17.6 Å². The summed E-state index contributed by atoms with van der Waals surface area (Å²) < 4.78 is 49.5. The molecule has 0 aromatic carbocycles. The smallest absolute Gasteiger partial charge is 0.246 e. The third-order valence-electron chi connectivity index (χ3n) is 2.28. The molecule has 0 fully saturated rings. The van der Waals surface area contributed by atoms with Crippen molar-refractivity contribution in [2.24, 2.45) is 17.1 Å². The number of hydrogen-bond donors (Lipinski definition) is 1. The van der Waals surface area contributed by atoms with Gasteiger partial charge in [0.05, 0.1) is 5.92 Å². The van der Waals surface area contributed by atoms with Gasteiger partial charge in [-0.05, 0) is 25.2 Å². The third-order valence-corrected chi connectivity index (χ3v) is 2.28. The van der Waals surface area contributed by atoms with Crippen molar-refractivity contribution >= 4 is 0 Å². The first-order valence-electron chi connectivity index (χ1n) is 5.30. The standard InChI is InChI=1S/C11H21F4N/c1-10(2,3)6-11(4,16)5-7(8(12)13)9(14)15/h7-9H,5-6,16H2,1-4H3. The highest BCUT2D eigenvalue weighted by Crippen LogP contribution is 2.33. The highest BCUT2D eigenvalue weighted by Gasteiger charge is 2.37. The van der Waals surface area contributed by atoms with Crippen LogP contribution in [0.4, 0.5) is 17.6 Å². The molecule has 0 saturated carbocycles. The van der Waals surface area contributed by atoms with Gasteiger partial charge in [-0.15, -0.1) is 0 Å². The first-order chi connectivity index (χ1) is 6.94. The van der Waals surface area contributed by atoms with Crippen molar-refractivity contribution in [2.75, 3.05) is 0 Å². The fourth-order valence-electron chi connectivity index (χ4n) is 2.11. The van der Waals surface area contributed by atoms with Gasteiger partial charge in [0.15, 0.2) is 0 Å². The van der Waals surface area contributed by atoms with E-state index in [-0.39, 0.29) is 11.8 Å². The van der Waals surface area contributed by atoms with Gasteiger partial charge in [0, 0.05) is 5.54 Å². The molecule has 0 amide bonds. The summed E-state index contributed by atoms with van der Waals surface area (Å²) >= 11 is 0. The molecule has 2 N–H and O–H groups in total. The van der Waals surface area contributed by atoms with Gasteiger partial charge in [0.25, 0.3) is 0 Å². The molecule has 0 radical (unpaired) electrons. The normalized spacial score (nSPS) is 17.2. The van der Waals surface area contributed by atoms with Crippen molar-refractivity contribution in [1.29, 1.82) is 0 Å². The first-order valence-corrected chi connectivity index (χ1v) is 5.30. The van der Waals surface area contributed by atoms with E-state index in [1.54, 1.807) is 6.92 Å². The molecule has 0 aromatic rings. The van der Waals surface area contributed by atoms with E-state index in [4.69, 9.17) is 5.73 Å². The Kier molecular flexibility index (Phi) is 5.23. The van der Waals surface area contributed by atoms with Gasteiger partial charge in [-0.1, -0.05) is 20.8 Å². The van der Waals surface area contributed by atoms with E-state index in [0.29, 0.717) is 6.42 Å². The Labute approximate surface area is 94.4 Å². The van der Waals surface area contributed by atoms with Crippen LogP contribution in [0.1, 0.15) is 40.5 Å². The minimum absolute atomic E-state index is 0.168. The average Bonchev–Trinajstić information content (AvgIpc) is 1.94. The van der Waals surface area contributed by atoms with E-state index in [1.165, 1.54) is 0 Å². The second-order valence-corrected chi connectivity index (χ2v) is 5.93. The lowest BCUT2D eigenvalue weighted by atomic mass is 9.77. The number of alkyl halides is 4. The molecule has 0 aliphatic carbocycles. The van der Waals surface area contributed by atoms with Crippen molar-refractivity contribution in [3.05, 3.63) is 0 Å². The second kappa shape index (κ2) is 5.34. The lowest BCUT2D eigenvalue weighted by molar-refractivity contribution is -0.0419. The molecule has 5 heteroatoms. The summed E-state index contributed by atoms with van der Waals surface area (Å²) in [6.07, 6.45) is -5.99. The van der Waals surface area contributed by atoms with Crippen molar-refractivity contribution in [2.45, 2.75) is 58.9 Å². The van der Waals surface area contributed by atoms with Crippen LogP contribution in [0.15, 0.2) is 0 Å². The fourth-order valence-corrected chi connectivity index (χ4v) is 2.11. The van der Waals surface area contributed by atoms with Crippen LogP contribution in [-0.4, -0.2) is 18.4 Å². The van der Waals surface area contributed by atoms with Crippen molar-refractivity contribution in [3.63, 3.8) is 0 Å². The largest absolute Gasteiger partial charge is 0.325 e. The highest BCUT2D eigenvalue weighted by atomic mass is 19.3. The minimum atomic E-state index is -3.03. The molecule has 0 saturated heterocycles. The van der Waals surface area contributed by atoms with E-state index < -0.39 is 24.3 Å². The van der Waals surface area contributed by atoms with Crippen LogP contribution in [0.3, 0.4) is 0 Å². The Morgan fingerprint density at radius 2 is 1.31 bits per heavy atom. The summed E-state index contributed by atoms with van der Waals surface area (Å²) in [4.78, 5) is 0. The molecule has 0 aromatic heterocycles. The van der Waals surface area contributed by atoms with Crippen LogP contribution in [0.2, 0.25) is 0 Å². The zero-order chi connectivity index (χ0) is 13.1. The number of hydrogen-bond acceptors (Lipinski definition) is 1. The van der Waals surface area contributed by atoms with Gasteiger partial charge in [-0.3, -0.25) is 0 Å². The summed E-state index contributed by atoms with van der Waals surface area (Å²) in [7, 11) is 0. The van der Waals surface area contributed by atoms with Crippen LogP contribution in [0, 0.1) is 11.3 Å². The lowest BCUT2D eigenvalue weighted by Gasteiger charge is -2.34. The number of nitrogens with two attached hydrogens (primary N) is 1. The molecule has 98 valence electrons. The molecule has 0 bridgehead atoms. The SMILES string of the molecule is CC(C)(C)CC(C)(N)CC(C(F)F)C(F)F. The minimum Gasteiger partial charge on any atom is -0.325 e. The summed E-state index contributed by atoms with van der Waals surface area (Å²) in [6, 6.07) is 0. The summed E-state index contributed by atoms with van der Waals surface area (Å²) in [5.74, 6) is -1.93. The second-order valence-electron chi connectivity index (χ2n) is 5.93. The van der Waals surface area contributed by atoms with Crippen LogP contribution >= 0.6 is 0 Å². The lowest BCUT2D eigenvalue weighted by Crippen LogP contribution is -2.44. The molecule has 0 heterocycles. The van der Waals surface area contributed by atoms with Crippen LogP contribution in [0.25, 0.3) is 0 Å². The Bertz CT molecular complexity index is 201. The van der Waals surface area contributed by atoms with E-state index in [0.717, 1.165) is 0 Å². The number of halogens is 4. The zero-order valence-electron chi connectivity index (χ0n) is 10.2. The molecule has 0 aliphatic rings. The molecule has 0 spiro atoms. The summed E-state index contributed by atoms with van der Waals surface area (Å²) in [5.41, 5.74) is 4.65. The third kappa shape index (κ3) is 6.30. The predicted molar refractivity (Wildman–Crippen MR) is 56.8 cm³/mol. The Morgan fingerprint density at radius 3 is 1.56 bits per heavy atom. The molecule has 0 aliphatic heterocycles. The Morgan fingerprint density at radius 1 is 0.938 bits per heavy atom. The predicted octanol–water partition coefficient (Wildman–Crippen LogP) is 3.68. The van der Waals surface area contributed by atoms with Gasteiger partial charge < -0.3 is 5.73 Å². The Hall–Kier alpha value is -0.320. The highest BCUT2D eigenvalue weighted by molar-refractivity contribution is 4.87. The van der Waals surface area contributed by atoms with Gasteiger partial charge in [-0.25, -0.2) is 17.6 Å². The maximum atomic E-state index is 12.4. The van der Waals surface area contributed by atoms with Gasteiger partial charge in [0.1, 0.15) is 0 Å². The monoisotopic (exact) mass is 243 g/mol. The molecule has 1 unspecified atom stereocenters. The molecular formula is C11H21F4N. The summed E-state index contributed by atoms with van der Waals surface area (Å²) in [6.45, 7) is 7.25. The molecule has 1 nitrogen and oxygen atoms in total. The molecule has 1 atom stereocenters. The van der Waals surface area contributed by atoms with E-state index >= 15 is 0 Å². The van der Waals surface area contributed by atoms with Gasteiger partial charge in [-0.2, -0.15) is 0 Å². The van der Waals surface area contributed by atoms with E-state index in [1.807, 2.05) is 20.8 Å². The van der Waals surface area contributed by atoms with Crippen LogP contribution < -0.4 is 5.73 Å². The molecule has 16 heavy (non-hydrogen) atoms. The average molecular weight is 243 g/mol. The molecule has 0 rings (SSSR count). The quantitative estimate of drug-likeness (QED) is 0.732. The molecular weight excluding hydrogens is 222 g/mol. The zero-order valence-corrected chi connectivity index (χ0v) is 10.2. The number of rotatable bonds is 5. The van der Waals surface area contributed by atoms with Gasteiger partial charge in [0.2, 0.25) is 12.9 Å². The van der Waals surface area contributed by atoms with Crippen LogP contribution in [-0.2, 0) is 0 Å². The van der Waals surface area contributed by atoms with E-state index in [2.05, 4.69) is 0 Å². The Balaban J connectivity index is 4.54. The van der Waals surface area contributed by atoms with Gasteiger partial charge >= 0.3 is 0 Å². The van der Waals surface area contributed by atoms with Crippen molar-refractivity contribution in [1.82, 2.24) is 0 Å². The maximum absolute atomic E-state index is 12.4. The fraction of sp³-hybridized carbons (Fsp3) is 1.00. The summed E-state index contributed by atoms with van der Waals surface area (Å²) in [5, 5.41) is 0. The topological polar surface area (TPSA) is 26.0 Å². The van der Waals surface area contributed by atoms with Crippen molar-refractivity contribution in [3.8, 4) is 0 Å². The maximum Gasteiger partial charge on any atom is 0.246 e. The first kappa shape index (κ1) is 15.7. The van der Waals surface area contributed by atoms with Crippen LogP contribution in [0.5, 0.6) is 0 Å².